The maximum absolute atomic E-state index is 13.4. The monoisotopic (exact) mass is 411 g/mol. The van der Waals surface area contributed by atoms with Gasteiger partial charge >= 0.3 is 0 Å². The molecular weight excluding hydrogens is 386 g/mol. The van der Waals surface area contributed by atoms with E-state index < -0.39 is 6.10 Å². The van der Waals surface area contributed by atoms with E-state index in [1.165, 1.54) is 22.5 Å². The molecule has 0 saturated carbocycles. The summed E-state index contributed by atoms with van der Waals surface area (Å²) >= 11 is 1.54. The summed E-state index contributed by atoms with van der Waals surface area (Å²) in [6, 6.07) is 11.6. The number of amides is 1. The molecule has 4 rings (SSSR count). The molecule has 0 unspecified atom stereocenters. The van der Waals surface area contributed by atoms with E-state index in [2.05, 4.69) is 30.9 Å². The van der Waals surface area contributed by atoms with Crippen LogP contribution >= 0.6 is 11.3 Å². The Kier molecular flexibility index (Phi) is 5.43. The molecule has 1 aliphatic rings. The predicted octanol–water partition coefficient (Wildman–Crippen LogP) is 3.65. The second-order valence-electron chi connectivity index (χ2n) is 7.56. The lowest BCUT2D eigenvalue weighted by Crippen LogP contribution is -2.48. The van der Waals surface area contributed by atoms with E-state index in [0.717, 1.165) is 16.8 Å². The second kappa shape index (κ2) is 8.00. The lowest BCUT2D eigenvalue weighted by Gasteiger charge is -2.30. The number of nitrogens with zero attached hydrogens (tertiary/aromatic N) is 3. The van der Waals surface area contributed by atoms with Crippen molar-refractivity contribution in [2.45, 2.75) is 20.0 Å². The van der Waals surface area contributed by atoms with Crippen molar-refractivity contribution in [3.63, 3.8) is 0 Å². The zero-order valence-electron chi connectivity index (χ0n) is 17.1. The van der Waals surface area contributed by atoms with Gasteiger partial charge in [-0.05, 0) is 63.3 Å². The SMILES string of the molecule is Cc1cc2nc(N(CCN(C)C)C(=O)[C@@H]3COc4ccccc4O3)sc2cc1C. The van der Waals surface area contributed by atoms with Crippen LogP contribution in [0, 0.1) is 13.8 Å². The molecule has 2 heterocycles. The number of carbonyl (C=O) groups is 1. The van der Waals surface area contributed by atoms with Crippen LogP contribution in [-0.4, -0.2) is 55.7 Å². The number of fused-ring (bicyclic) bond motifs is 2. The Morgan fingerprint density at radius 2 is 1.86 bits per heavy atom. The van der Waals surface area contributed by atoms with Crippen molar-refractivity contribution < 1.29 is 14.3 Å². The first-order chi connectivity index (χ1) is 13.9. The van der Waals surface area contributed by atoms with E-state index >= 15 is 0 Å². The molecule has 0 radical (unpaired) electrons. The molecule has 0 aliphatic carbocycles. The first kappa shape index (κ1) is 19.7. The highest BCUT2D eigenvalue weighted by atomic mass is 32.1. The Labute approximate surface area is 174 Å². The zero-order chi connectivity index (χ0) is 20.5. The number of hydrogen-bond donors (Lipinski definition) is 0. The number of aromatic nitrogens is 1. The Hall–Kier alpha value is -2.64. The fraction of sp³-hybridized carbons (Fsp3) is 0.364. The summed E-state index contributed by atoms with van der Waals surface area (Å²) in [5.74, 6) is 1.14. The largest absolute Gasteiger partial charge is 0.485 e. The predicted molar refractivity (Wildman–Crippen MR) is 116 cm³/mol. The van der Waals surface area contributed by atoms with Gasteiger partial charge in [-0.2, -0.15) is 0 Å². The van der Waals surface area contributed by atoms with Crippen molar-refractivity contribution in [1.82, 2.24) is 9.88 Å². The second-order valence-corrected chi connectivity index (χ2v) is 8.57. The zero-order valence-corrected chi connectivity index (χ0v) is 18.0. The maximum atomic E-state index is 13.4. The number of carbonyl (C=O) groups excluding carboxylic acids is 1. The molecule has 1 amide bonds. The number of rotatable bonds is 5. The molecule has 29 heavy (non-hydrogen) atoms. The maximum Gasteiger partial charge on any atom is 0.273 e. The number of anilines is 1. The van der Waals surface area contributed by atoms with E-state index in [4.69, 9.17) is 14.5 Å². The molecule has 0 N–H and O–H groups in total. The third-order valence-corrected chi connectivity index (χ3v) is 6.09. The van der Waals surface area contributed by atoms with Gasteiger partial charge in [0.25, 0.3) is 5.91 Å². The van der Waals surface area contributed by atoms with E-state index in [-0.39, 0.29) is 12.5 Å². The average molecular weight is 412 g/mol. The van der Waals surface area contributed by atoms with Crippen LogP contribution in [0.4, 0.5) is 5.13 Å². The van der Waals surface area contributed by atoms with Gasteiger partial charge in [-0.3, -0.25) is 9.69 Å². The molecule has 0 spiro atoms. The number of thiazole rings is 1. The molecule has 0 fully saturated rings. The summed E-state index contributed by atoms with van der Waals surface area (Å²) in [4.78, 5) is 21.9. The molecule has 6 nitrogen and oxygen atoms in total. The molecule has 0 saturated heterocycles. The van der Waals surface area contributed by atoms with Gasteiger partial charge in [0.15, 0.2) is 16.6 Å². The molecule has 7 heteroatoms. The van der Waals surface area contributed by atoms with Crippen LogP contribution in [0.5, 0.6) is 11.5 Å². The number of likely N-dealkylation sites (N-methyl/N-ethyl adjacent to an activating group) is 1. The van der Waals surface area contributed by atoms with Gasteiger partial charge in [0.2, 0.25) is 6.10 Å². The number of benzene rings is 2. The van der Waals surface area contributed by atoms with Crippen LogP contribution in [0.2, 0.25) is 0 Å². The summed E-state index contributed by atoms with van der Waals surface area (Å²) in [5.41, 5.74) is 3.34. The van der Waals surface area contributed by atoms with E-state index in [1.54, 1.807) is 4.90 Å². The summed E-state index contributed by atoms with van der Waals surface area (Å²) in [7, 11) is 3.98. The quantitative estimate of drug-likeness (QED) is 0.642. The summed E-state index contributed by atoms with van der Waals surface area (Å²) in [6.45, 7) is 5.62. The van der Waals surface area contributed by atoms with Crippen LogP contribution in [0.3, 0.4) is 0 Å². The molecule has 2 aromatic carbocycles. The molecule has 1 aromatic heterocycles. The topological polar surface area (TPSA) is 54.9 Å². The molecule has 1 aliphatic heterocycles. The van der Waals surface area contributed by atoms with Gasteiger partial charge in [0.1, 0.15) is 6.61 Å². The van der Waals surface area contributed by atoms with Crippen LogP contribution in [0.25, 0.3) is 10.2 Å². The summed E-state index contributed by atoms with van der Waals surface area (Å²) in [6.07, 6.45) is -0.692. The highest BCUT2D eigenvalue weighted by Crippen LogP contribution is 2.34. The Morgan fingerprint density at radius 1 is 1.14 bits per heavy atom. The van der Waals surface area contributed by atoms with E-state index in [1.807, 2.05) is 38.4 Å². The number of ether oxygens (including phenoxy) is 2. The van der Waals surface area contributed by atoms with Crippen LogP contribution in [-0.2, 0) is 4.79 Å². The Bertz CT molecular complexity index is 1010. The van der Waals surface area contributed by atoms with Crippen LogP contribution in [0.1, 0.15) is 11.1 Å². The lowest BCUT2D eigenvalue weighted by atomic mass is 10.1. The Balaban J connectivity index is 1.64. The van der Waals surface area contributed by atoms with Gasteiger partial charge in [0.05, 0.1) is 10.2 Å². The first-order valence-corrected chi connectivity index (χ1v) is 10.5. The molecule has 1 atom stereocenters. The van der Waals surface area contributed by atoms with Gasteiger partial charge in [-0.25, -0.2) is 4.98 Å². The van der Waals surface area contributed by atoms with Crippen LogP contribution < -0.4 is 14.4 Å². The lowest BCUT2D eigenvalue weighted by molar-refractivity contribution is -0.127. The van der Waals surface area contributed by atoms with Crippen LogP contribution in [0.15, 0.2) is 36.4 Å². The summed E-state index contributed by atoms with van der Waals surface area (Å²) < 4.78 is 12.8. The standard InChI is InChI=1S/C22H25N3O3S/c1-14-11-16-20(12-15(14)2)29-22(23-16)25(10-9-24(3)4)21(26)19-13-27-17-7-5-6-8-18(17)28-19/h5-8,11-12,19H,9-10,13H2,1-4H3/t19-/m0/s1. The molecule has 152 valence electrons. The third kappa shape index (κ3) is 4.06. The van der Waals surface area contributed by atoms with Crippen molar-refractivity contribution >= 4 is 32.6 Å². The van der Waals surface area contributed by atoms with Crippen molar-refractivity contribution in [3.05, 3.63) is 47.5 Å². The number of hydrogen-bond acceptors (Lipinski definition) is 6. The van der Waals surface area contributed by atoms with E-state index in [9.17, 15) is 4.79 Å². The smallest absolute Gasteiger partial charge is 0.273 e. The van der Waals surface area contributed by atoms with Gasteiger partial charge in [-0.15, -0.1) is 0 Å². The third-order valence-electron chi connectivity index (χ3n) is 5.04. The van der Waals surface area contributed by atoms with Crippen molar-refractivity contribution in [2.75, 3.05) is 38.7 Å². The fourth-order valence-electron chi connectivity index (χ4n) is 3.20. The highest BCUT2D eigenvalue weighted by molar-refractivity contribution is 7.22. The molecule has 3 aromatic rings. The summed E-state index contributed by atoms with van der Waals surface area (Å²) in [5, 5.41) is 0.694. The first-order valence-electron chi connectivity index (χ1n) is 9.65. The van der Waals surface area contributed by atoms with Crippen molar-refractivity contribution in [2.24, 2.45) is 0 Å². The minimum Gasteiger partial charge on any atom is -0.485 e. The highest BCUT2D eigenvalue weighted by Gasteiger charge is 2.33. The minimum atomic E-state index is -0.692. The van der Waals surface area contributed by atoms with E-state index in [0.29, 0.717) is 23.2 Å². The van der Waals surface area contributed by atoms with Gasteiger partial charge in [0, 0.05) is 13.1 Å². The molecular formula is C22H25N3O3S. The minimum absolute atomic E-state index is 0.131. The van der Waals surface area contributed by atoms with Crippen molar-refractivity contribution in [1.29, 1.82) is 0 Å². The average Bonchev–Trinajstić information content (AvgIpc) is 3.10. The Morgan fingerprint density at radius 3 is 2.62 bits per heavy atom. The van der Waals surface area contributed by atoms with Crippen molar-refractivity contribution in [3.8, 4) is 11.5 Å². The number of para-hydroxylation sites is 2. The van der Waals surface area contributed by atoms with Gasteiger partial charge < -0.3 is 14.4 Å². The van der Waals surface area contributed by atoms with Gasteiger partial charge in [-0.1, -0.05) is 23.5 Å². The number of aryl methyl sites for hydroxylation is 2. The molecule has 0 bridgehead atoms. The fourth-order valence-corrected chi connectivity index (χ4v) is 4.28. The normalized spacial score (nSPS) is 15.7.